The summed E-state index contributed by atoms with van der Waals surface area (Å²) < 4.78 is 0. The molecule has 0 rings (SSSR count). The molecule has 6 nitrogen and oxygen atoms in total. The third kappa shape index (κ3) is 5.54. The van der Waals surface area contributed by atoms with E-state index in [1.165, 1.54) is 7.05 Å². The van der Waals surface area contributed by atoms with Gasteiger partial charge in [0.1, 0.15) is 0 Å². The number of guanidine groups is 1. The van der Waals surface area contributed by atoms with Crippen LogP contribution in [0.1, 0.15) is 0 Å². The molecule has 0 unspecified atom stereocenters. The van der Waals surface area contributed by atoms with E-state index in [4.69, 9.17) is 16.9 Å². The standard InChI is InChI=1S/C5H11N5OS/c1-9-3(11)2-12-5(8)10-4(6)7/h2H2,1H3,(H,9,11)(H5,6,7,8,10). The van der Waals surface area contributed by atoms with E-state index in [1.54, 1.807) is 0 Å². The van der Waals surface area contributed by atoms with Crippen LogP contribution in [0.3, 0.4) is 0 Å². The second-order valence-electron chi connectivity index (χ2n) is 1.80. The first-order valence-corrected chi connectivity index (χ1v) is 4.06. The Balaban J connectivity index is 3.73. The summed E-state index contributed by atoms with van der Waals surface area (Å²) in [6, 6.07) is 0. The molecule has 0 aliphatic carbocycles. The van der Waals surface area contributed by atoms with E-state index in [0.717, 1.165) is 11.8 Å². The molecule has 0 heterocycles. The summed E-state index contributed by atoms with van der Waals surface area (Å²) in [5.41, 5.74) is 10.0. The number of amides is 1. The van der Waals surface area contributed by atoms with Crippen LogP contribution in [-0.4, -0.2) is 29.8 Å². The van der Waals surface area contributed by atoms with Gasteiger partial charge in [-0.15, -0.1) is 0 Å². The quantitative estimate of drug-likeness (QED) is 0.318. The van der Waals surface area contributed by atoms with E-state index >= 15 is 0 Å². The van der Waals surface area contributed by atoms with Crippen LogP contribution in [0.15, 0.2) is 4.99 Å². The summed E-state index contributed by atoms with van der Waals surface area (Å²) in [6.07, 6.45) is 0. The molecule has 0 aromatic heterocycles. The molecule has 0 saturated heterocycles. The van der Waals surface area contributed by atoms with Crippen LogP contribution < -0.4 is 16.8 Å². The van der Waals surface area contributed by atoms with Gasteiger partial charge in [-0.25, -0.2) is 0 Å². The maximum absolute atomic E-state index is 10.7. The highest BCUT2D eigenvalue weighted by Crippen LogP contribution is 2.01. The Morgan fingerprint density at radius 1 is 1.67 bits per heavy atom. The molecule has 0 aromatic rings. The van der Waals surface area contributed by atoms with Crippen molar-refractivity contribution in [2.45, 2.75) is 0 Å². The van der Waals surface area contributed by atoms with Crippen molar-refractivity contribution in [2.75, 3.05) is 12.8 Å². The van der Waals surface area contributed by atoms with E-state index in [9.17, 15) is 4.79 Å². The molecule has 0 aliphatic heterocycles. The maximum atomic E-state index is 10.7. The van der Waals surface area contributed by atoms with Crippen LogP contribution in [0.5, 0.6) is 0 Å². The Kier molecular flexibility index (Phi) is 4.86. The SMILES string of the molecule is CNC(=O)CSC(=N)N=C(N)N. The monoisotopic (exact) mass is 189 g/mol. The smallest absolute Gasteiger partial charge is 0.230 e. The second kappa shape index (κ2) is 5.42. The molecule has 0 radical (unpaired) electrons. The Morgan fingerprint density at radius 2 is 2.25 bits per heavy atom. The molecular weight excluding hydrogens is 178 g/mol. The average Bonchev–Trinajstić information content (AvgIpc) is 1.99. The van der Waals surface area contributed by atoms with Gasteiger partial charge in [-0.1, -0.05) is 11.8 Å². The van der Waals surface area contributed by atoms with Gasteiger partial charge < -0.3 is 16.8 Å². The highest BCUT2D eigenvalue weighted by Gasteiger charge is 2.01. The lowest BCUT2D eigenvalue weighted by molar-refractivity contribution is -0.118. The number of nitrogens with two attached hydrogens (primary N) is 2. The maximum Gasteiger partial charge on any atom is 0.230 e. The number of nitrogens with zero attached hydrogens (tertiary/aromatic N) is 1. The molecule has 0 aromatic carbocycles. The van der Waals surface area contributed by atoms with Crippen molar-refractivity contribution in [3.8, 4) is 0 Å². The van der Waals surface area contributed by atoms with Crippen molar-refractivity contribution in [3.05, 3.63) is 0 Å². The van der Waals surface area contributed by atoms with Crippen molar-refractivity contribution < 1.29 is 4.79 Å². The van der Waals surface area contributed by atoms with Gasteiger partial charge in [-0.05, 0) is 0 Å². The summed E-state index contributed by atoms with van der Waals surface area (Å²) >= 11 is 0.961. The summed E-state index contributed by atoms with van der Waals surface area (Å²) in [5, 5.41) is 9.46. The minimum atomic E-state index is -0.176. The molecule has 6 N–H and O–H groups in total. The van der Waals surface area contributed by atoms with Crippen LogP contribution in [0.4, 0.5) is 0 Å². The van der Waals surface area contributed by atoms with E-state index in [1.807, 2.05) is 0 Å². The molecule has 0 spiro atoms. The van der Waals surface area contributed by atoms with Crippen LogP contribution in [-0.2, 0) is 4.79 Å². The summed E-state index contributed by atoms with van der Waals surface area (Å²) in [6.45, 7) is 0. The van der Waals surface area contributed by atoms with Gasteiger partial charge in [0, 0.05) is 7.05 Å². The average molecular weight is 189 g/mol. The third-order valence-corrected chi connectivity index (χ3v) is 1.62. The number of thioether (sulfide) groups is 1. The number of carbonyl (C=O) groups is 1. The van der Waals surface area contributed by atoms with E-state index in [2.05, 4.69) is 10.3 Å². The van der Waals surface area contributed by atoms with Gasteiger partial charge in [0.25, 0.3) is 0 Å². The predicted molar refractivity (Wildman–Crippen MR) is 50.1 cm³/mol. The van der Waals surface area contributed by atoms with Gasteiger partial charge in [-0.3, -0.25) is 10.2 Å². The van der Waals surface area contributed by atoms with Crippen LogP contribution in [0, 0.1) is 5.41 Å². The Labute approximate surface area is 74.3 Å². The molecule has 12 heavy (non-hydrogen) atoms. The normalized spacial score (nSPS) is 8.75. The van der Waals surface area contributed by atoms with Crippen molar-refractivity contribution in [2.24, 2.45) is 16.5 Å². The predicted octanol–water partition coefficient (Wildman–Crippen LogP) is -1.33. The molecule has 7 heteroatoms. The van der Waals surface area contributed by atoms with Crippen molar-refractivity contribution in [3.63, 3.8) is 0 Å². The van der Waals surface area contributed by atoms with Crippen molar-refractivity contribution in [1.82, 2.24) is 5.32 Å². The number of hydrogen-bond donors (Lipinski definition) is 4. The minimum absolute atomic E-state index is 0.0707. The molecule has 1 amide bonds. The lowest BCUT2D eigenvalue weighted by atomic mass is 10.7. The zero-order valence-electron chi connectivity index (χ0n) is 6.63. The minimum Gasteiger partial charge on any atom is -0.370 e. The molecule has 0 fully saturated rings. The lowest BCUT2D eigenvalue weighted by Gasteiger charge is -1.97. The Hall–Kier alpha value is -1.24. The summed E-state index contributed by atoms with van der Waals surface area (Å²) in [7, 11) is 1.52. The lowest BCUT2D eigenvalue weighted by Crippen LogP contribution is -2.24. The van der Waals surface area contributed by atoms with Crippen molar-refractivity contribution in [1.29, 1.82) is 5.41 Å². The zero-order valence-corrected chi connectivity index (χ0v) is 7.44. The molecule has 0 aliphatic rings. The molecule has 0 saturated carbocycles. The van der Waals surface area contributed by atoms with Gasteiger partial charge in [0.15, 0.2) is 11.1 Å². The van der Waals surface area contributed by atoms with E-state index in [0.29, 0.717) is 0 Å². The Morgan fingerprint density at radius 3 is 2.67 bits per heavy atom. The summed E-state index contributed by atoms with van der Waals surface area (Å²) in [4.78, 5) is 14.1. The first-order valence-electron chi connectivity index (χ1n) is 3.08. The van der Waals surface area contributed by atoms with Gasteiger partial charge >= 0.3 is 0 Å². The van der Waals surface area contributed by atoms with Crippen LogP contribution in [0.2, 0.25) is 0 Å². The number of nitrogens with one attached hydrogen (secondary N) is 2. The molecular formula is C5H11N5OS. The number of rotatable bonds is 2. The molecule has 0 atom stereocenters. The zero-order chi connectivity index (χ0) is 9.56. The topological polar surface area (TPSA) is 117 Å². The highest BCUT2D eigenvalue weighted by molar-refractivity contribution is 8.14. The van der Waals surface area contributed by atoms with Crippen molar-refractivity contribution >= 4 is 28.8 Å². The van der Waals surface area contributed by atoms with Gasteiger partial charge in [-0.2, -0.15) is 4.99 Å². The highest BCUT2D eigenvalue weighted by atomic mass is 32.2. The number of hydrogen-bond acceptors (Lipinski definition) is 3. The Bertz CT molecular complexity index is 210. The first kappa shape index (κ1) is 10.8. The van der Waals surface area contributed by atoms with Crippen LogP contribution >= 0.6 is 11.8 Å². The van der Waals surface area contributed by atoms with Gasteiger partial charge in [0.2, 0.25) is 5.91 Å². The fourth-order valence-electron chi connectivity index (χ4n) is 0.356. The summed E-state index contributed by atoms with van der Waals surface area (Å²) in [5.74, 6) is -0.202. The van der Waals surface area contributed by atoms with Gasteiger partial charge in [0.05, 0.1) is 5.75 Å². The van der Waals surface area contributed by atoms with E-state index < -0.39 is 0 Å². The number of amidine groups is 1. The second-order valence-corrected chi connectivity index (χ2v) is 2.77. The fourth-order valence-corrected chi connectivity index (χ4v) is 0.938. The molecule has 0 bridgehead atoms. The van der Waals surface area contributed by atoms with Crippen LogP contribution in [0.25, 0.3) is 0 Å². The molecule has 68 valence electrons. The first-order chi connectivity index (χ1) is 5.56. The number of carbonyl (C=O) groups excluding carboxylic acids is 1. The number of aliphatic imine (C=N–C) groups is 1. The third-order valence-electron chi connectivity index (χ3n) is 0.849. The fraction of sp³-hybridized carbons (Fsp3) is 0.400. The largest absolute Gasteiger partial charge is 0.370 e. The van der Waals surface area contributed by atoms with E-state index in [-0.39, 0.29) is 22.8 Å².